The molecule has 4 rings (SSSR count). The second-order valence-corrected chi connectivity index (χ2v) is 14.4. The van der Waals surface area contributed by atoms with Gasteiger partial charge in [-0.15, -0.1) is 0 Å². The Morgan fingerprint density at radius 1 is 0.892 bits per heavy atom. The molecule has 2 atom stereocenters. The normalized spacial score (nSPS) is 13.8. The van der Waals surface area contributed by atoms with E-state index in [-0.39, 0.29) is 22.3 Å². The van der Waals surface area contributed by atoms with Crippen LogP contribution in [0.1, 0.15) is 39.2 Å². The summed E-state index contributed by atoms with van der Waals surface area (Å²) in [5.74, 6) is -0.369. The van der Waals surface area contributed by atoms with E-state index >= 15 is 0 Å². The van der Waals surface area contributed by atoms with Crippen LogP contribution >= 0.6 is 15.9 Å². The van der Waals surface area contributed by atoms with E-state index in [4.69, 9.17) is 0 Å². The molecular formula is C28H26BrNO5S2. The SMILES string of the molecule is CC(CS(C)(=O)=O)c1cc(-c2cccc(C(Br)C(=O)c3ccc(S(C)(=O)=O)cc3)c2)c2ncccc2c1. The Labute approximate surface area is 225 Å². The molecule has 1 aromatic heterocycles. The number of ketones is 1. The fourth-order valence-electron chi connectivity index (χ4n) is 4.30. The lowest BCUT2D eigenvalue weighted by molar-refractivity contribution is 0.0991. The van der Waals surface area contributed by atoms with E-state index in [1.165, 1.54) is 30.5 Å². The molecule has 2 unspecified atom stereocenters. The van der Waals surface area contributed by atoms with E-state index in [0.29, 0.717) is 5.56 Å². The van der Waals surface area contributed by atoms with Crippen molar-refractivity contribution in [2.45, 2.75) is 22.6 Å². The molecule has 0 spiro atoms. The zero-order valence-electron chi connectivity index (χ0n) is 20.6. The number of sulfone groups is 2. The first-order valence-electron chi connectivity index (χ1n) is 11.5. The zero-order valence-corrected chi connectivity index (χ0v) is 23.8. The molecule has 6 nitrogen and oxygen atoms in total. The van der Waals surface area contributed by atoms with Crippen molar-refractivity contribution in [1.82, 2.24) is 4.98 Å². The largest absolute Gasteiger partial charge is 0.293 e. The van der Waals surface area contributed by atoms with Crippen molar-refractivity contribution in [2.24, 2.45) is 0 Å². The molecule has 37 heavy (non-hydrogen) atoms. The van der Waals surface area contributed by atoms with Gasteiger partial charge in [0.2, 0.25) is 0 Å². The third-order valence-electron chi connectivity index (χ3n) is 6.14. The summed E-state index contributed by atoms with van der Waals surface area (Å²) in [6.45, 7) is 1.89. The van der Waals surface area contributed by atoms with Crippen LogP contribution in [0, 0.1) is 0 Å². The number of benzene rings is 3. The Bertz CT molecular complexity index is 1700. The minimum atomic E-state index is -3.35. The zero-order chi connectivity index (χ0) is 27.0. The first-order valence-corrected chi connectivity index (χ1v) is 16.4. The molecule has 0 fully saturated rings. The number of rotatable bonds is 8. The second kappa shape index (κ2) is 10.5. The summed E-state index contributed by atoms with van der Waals surface area (Å²) in [6.07, 6.45) is 4.07. The highest BCUT2D eigenvalue weighted by Crippen LogP contribution is 2.35. The second-order valence-electron chi connectivity index (χ2n) is 9.29. The number of halogens is 1. The van der Waals surface area contributed by atoms with Gasteiger partial charge in [-0.1, -0.05) is 59.3 Å². The highest BCUT2D eigenvalue weighted by atomic mass is 79.9. The van der Waals surface area contributed by atoms with Crippen LogP contribution in [0.15, 0.2) is 83.9 Å². The Hall–Kier alpha value is -2.88. The number of hydrogen-bond donors (Lipinski definition) is 0. The number of aromatic nitrogens is 1. The topological polar surface area (TPSA) is 98.2 Å². The maximum Gasteiger partial charge on any atom is 0.180 e. The van der Waals surface area contributed by atoms with Gasteiger partial charge in [0.15, 0.2) is 15.6 Å². The van der Waals surface area contributed by atoms with Gasteiger partial charge >= 0.3 is 0 Å². The number of fused-ring (bicyclic) bond motifs is 1. The van der Waals surface area contributed by atoms with E-state index in [0.717, 1.165) is 39.4 Å². The number of carbonyl (C=O) groups excluding carboxylic acids is 1. The van der Waals surface area contributed by atoms with Gasteiger partial charge in [0, 0.05) is 35.2 Å². The van der Waals surface area contributed by atoms with Crippen LogP contribution < -0.4 is 0 Å². The molecule has 0 aliphatic heterocycles. The third kappa shape index (κ3) is 6.34. The lowest BCUT2D eigenvalue weighted by atomic mass is 9.92. The van der Waals surface area contributed by atoms with Crippen LogP contribution in [0.25, 0.3) is 22.0 Å². The van der Waals surface area contributed by atoms with Gasteiger partial charge in [-0.05, 0) is 59.0 Å². The Balaban J connectivity index is 1.73. The first kappa shape index (κ1) is 27.2. The minimum Gasteiger partial charge on any atom is -0.293 e. The van der Waals surface area contributed by atoms with Crippen molar-refractivity contribution in [3.8, 4) is 11.1 Å². The molecule has 4 aromatic rings. The summed E-state index contributed by atoms with van der Waals surface area (Å²) in [6, 6.07) is 21.2. The maximum atomic E-state index is 13.2. The van der Waals surface area contributed by atoms with Gasteiger partial charge in [0.05, 0.1) is 16.2 Å². The number of nitrogens with zero attached hydrogens (tertiary/aromatic N) is 1. The van der Waals surface area contributed by atoms with Gasteiger partial charge in [-0.2, -0.15) is 0 Å². The Morgan fingerprint density at radius 2 is 1.59 bits per heavy atom. The lowest BCUT2D eigenvalue weighted by Gasteiger charge is -2.16. The number of pyridine rings is 1. The lowest BCUT2D eigenvalue weighted by Crippen LogP contribution is -2.11. The fourth-order valence-corrected chi connectivity index (χ4v) is 6.58. The van der Waals surface area contributed by atoms with Crippen molar-refractivity contribution in [1.29, 1.82) is 0 Å². The summed E-state index contributed by atoms with van der Waals surface area (Å²) in [5, 5.41) is 0.901. The molecule has 0 amide bonds. The summed E-state index contributed by atoms with van der Waals surface area (Å²) >= 11 is 3.52. The smallest absolute Gasteiger partial charge is 0.180 e. The number of hydrogen-bond acceptors (Lipinski definition) is 6. The van der Waals surface area contributed by atoms with E-state index < -0.39 is 24.5 Å². The molecule has 0 saturated heterocycles. The maximum absolute atomic E-state index is 13.2. The van der Waals surface area contributed by atoms with E-state index in [1.807, 2.05) is 55.5 Å². The van der Waals surface area contributed by atoms with Crippen molar-refractivity contribution < 1.29 is 21.6 Å². The number of Topliss-reactive ketones (excluding diaryl/α,β-unsaturated/α-hetero) is 1. The predicted molar refractivity (Wildman–Crippen MR) is 151 cm³/mol. The standard InChI is InChI=1S/C28H26BrNO5S2/c1-18(17-36(2,32)33)23-15-22-8-5-13-30-27(22)25(16-23)20-6-4-7-21(14-20)26(29)28(31)19-9-11-24(12-10-19)37(3,34)35/h4-16,18,26H,17H2,1-3H3. The average Bonchev–Trinajstić information content (AvgIpc) is 2.85. The van der Waals surface area contributed by atoms with Crippen LogP contribution in [-0.4, -0.2) is 45.9 Å². The molecular weight excluding hydrogens is 574 g/mol. The summed E-state index contributed by atoms with van der Waals surface area (Å²) < 4.78 is 47.3. The monoisotopic (exact) mass is 599 g/mol. The first-order chi connectivity index (χ1) is 17.3. The van der Waals surface area contributed by atoms with Gasteiger partial charge in [-0.25, -0.2) is 16.8 Å². The Morgan fingerprint density at radius 3 is 2.24 bits per heavy atom. The number of alkyl halides is 1. The van der Waals surface area contributed by atoms with Gasteiger partial charge in [0.25, 0.3) is 0 Å². The molecule has 0 aliphatic carbocycles. The van der Waals surface area contributed by atoms with Crippen LogP contribution in [0.3, 0.4) is 0 Å². The fraction of sp³-hybridized carbons (Fsp3) is 0.214. The summed E-state index contributed by atoms with van der Waals surface area (Å²) in [5.41, 5.74) is 4.49. The molecule has 0 saturated carbocycles. The van der Waals surface area contributed by atoms with Crippen molar-refractivity contribution in [3.05, 3.63) is 95.7 Å². The summed E-state index contributed by atoms with van der Waals surface area (Å²) in [7, 11) is -6.51. The highest BCUT2D eigenvalue weighted by molar-refractivity contribution is 9.09. The van der Waals surface area contributed by atoms with Gasteiger partial charge in [0.1, 0.15) is 14.7 Å². The quantitative estimate of drug-likeness (QED) is 0.188. The van der Waals surface area contributed by atoms with E-state index in [9.17, 15) is 21.6 Å². The van der Waals surface area contributed by atoms with Gasteiger partial charge < -0.3 is 0 Å². The van der Waals surface area contributed by atoms with Crippen molar-refractivity contribution >= 4 is 52.3 Å². The third-order valence-corrected chi connectivity index (χ3v) is 9.31. The average molecular weight is 601 g/mol. The minimum absolute atomic E-state index is 0.0361. The molecule has 0 N–H and O–H groups in total. The molecule has 3 aromatic carbocycles. The molecule has 0 bridgehead atoms. The molecule has 192 valence electrons. The van der Waals surface area contributed by atoms with Crippen LogP contribution in [-0.2, 0) is 19.7 Å². The summed E-state index contributed by atoms with van der Waals surface area (Å²) in [4.78, 5) is 17.3. The van der Waals surface area contributed by atoms with Crippen molar-refractivity contribution in [3.63, 3.8) is 0 Å². The Kier molecular flexibility index (Phi) is 7.69. The predicted octanol–water partition coefficient (Wildman–Crippen LogP) is 5.77. The van der Waals surface area contributed by atoms with Crippen molar-refractivity contribution in [2.75, 3.05) is 18.3 Å². The molecule has 9 heteroatoms. The van der Waals surface area contributed by atoms with Crippen LogP contribution in [0.5, 0.6) is 0 Å². The molecule has 1 heterocycles. The number of carbonyl (C=O) groups is 1. The molecule has 0 aliphatic rings. The van der Waals surface area contributed by atoms with E-state index in [2.05, 4.69) is 20.9 Å². The van der Waals surface area contributed by atoms with Crippen LogP contribution in [0.4, 0.5) is 0 Å². The van der Waals surface area contributed by atoms with Crippen LogP contribution in [0.2, 0.25) is 0 Å². The highest BCUT2D eigenvalue weighted by Gasteiger charge is 2.21. The molecule has 0 radical (unpaired) electrons. The van der Waals surface area contributed by atoms with Gasteiger partial charge in [-0.3, -0.25) is 9.78 Å². The van der Waals surface area contributed by atoms with E-state index in [1.54, 1.807) is 6.20 Å².